The van der Waals surface area contributed by atoms with Crippen LogP contribution in [0.2, 0.25) is 0 Å². The minimum atomic E-state index is -0.459. The van der Waals surface area contributed by atoms with Crippen LogP contribution in [0.3, 0.4) is 0 Å². The Kier molecular flexibility index (Phi) is 5.16. The van der Waals surface area contributed by atoms with Crippen LogP contribution in [-0.2, 0) is 4.74 Å². The van der Waals surface area contributed by atoms with Crippen molar-refractivity contribution in [3.05, 3.63) is 59.7 Å². The quantitative estimate of drug-likeness (QED) is 0.378. The van der Waals surface area contributed by atoms with Gasteiger partial charge in [0.1, 0.15) is 16.9 Å². The van der Waals surface area contributed by atoms with Gasteiger partial charge in [0, 0.05) is 5.69 Å². The number of fused-ring (bicyclic) bond motifs is 2. The summed E-state index contributed by atoms with van der Waals surface area (Å²) in [6.07, 6.45) is 2.90. The van der Waals surface area contributed by atoms with E-state index in [4.69, 9.17) is 20.4 Å². The number of para-hydroxylation sites is 2. The molecule has 0 atom stereocenters. The van der Waals surface area contributed by atoms with Gasteiger partial charge >= 0.3 is 5.97 Å². The first-order chi connectivity index (χ1) is 14.1. The summed E-state index contributed by atoms with van der Waals surface area (Å²) in [5, 5.41) is 0. The highest BCUT2D eigenvalue weighted by Gasteiger charge is 2.25. The summed E-state index contributed by atoms with van der Waals surface area (Å²) in [6, 6.07) is 15.5. The fourth-order valence-corrected chi connectivity index (χ4v) is 3.48. The van der Waals surface area contributed by atoms with Crippen LogP contribution in [0.15, 0.2) is 48.5 Å². The molecule has 2 aromatic carbocycles. The Bertz CT molecular complexity index is 1200. The Morgan fingerprint density at radius 1 is 1.07 bits per heavy atom. The van der Waals surface area contributed by atoms with E-state index in [2.05, 4.69) is 6.92 Å². The van der Waals surface area contributed by atoms with Crippen molar-refractivity contribution >= 4 is 34.0 Å². The Labute approximate surface area is 169 Å². The van der Waals surface area contributed by atoms with Gasteiger partial charge in [0.2, 0.25) is 0 Å². The summed E-state index contributed by atoms with van der Waals surface area (Å²) in [5.74, 6) is -0.166. The second-order valence-corrected chi connectivity index (χ2v) is 7.16. The van der Waals surface area contributed by atoms with Gasteiger partial charge in [-0.1, -0.05) is 44.0 Å². The zero-order valence-corrected chi connectivity index (χ0v) is 16.7. The van der Waals surface area contributed by atoms with Crippen LogP contribution in [0.1, 0.15) is 42.1 Å². The molecule has 4 aromatic rings. The van der Waals surface area contributed by atoms with Gasteiger partial charge < -0.3 is 10.5 Å². The number of nitrogens with two attached hydrogens (primary N) is 1. The molecule has 0 fully saturated rings. The monoisotopic (exact) mass is 388 g/mol. The molecule has 0 unspecified atom stereocenters. The predicted octanol–water partition coefficient (Wildman–Crippen LogP) is 4.81. The SMILES string of the molecule is CCCCCOC(=O)c1c(N)n(-c2cccc(C)c2)c2nc3ccccc3nc12. The Balaban J connectivity index is 1.91. The maximum absolute atomic E-state index is 12.9. The molecule has 29 heavy (non-hydrogen) atoms. The molecule has 0 radical (unpaired) electrons. The zero-order chi connectivity index (χ0) is 20.4. The van der Waals surface area contributed by atoms with Crippen LogP contribution in [0.5, 0.6) is 0 Å². The van der Waals surface area contributed by atoms with Gasteiger partial charge in [-0.3, -0.25) is 4.57 Å². The summed E-state index contributed by atoms with van der Waals surface area (Å²) < 4.78 is 7.29. The summed E-state index contributed by atoms with van der Waals surface area (Å²) in [5.41, 5.74) is 11.1. The molecule has 0 saturated heterocycles. The van der Waals surface area contributed by atoms with Gasteiger partial charge in [-0.15, -0.1) is 0 Å². The second-order valence-electron chi connectivity index (χ2n) is 7.16. The molecule has 0 bridgehead atoms. The number of rotatable bonds is 6. The predicted molar refractivity (Wildman–Crippen MR) is 115 cm³/mol. The molecule has 0 amide bonds. The standard InChI is InChI=1S/C23H24N4O2/c1-3-4-7-13-29-23(28)19-20-22(26-18-12-6-5-11-17(18)25-20)27(21(19)24)16-10-8-9-15(2)14-16/h5-6,8-12,14H,3-4,7,13,24H2,1-2H3. The van der Waals surface area contributed by atoms with Crippen LogP contribution in [-0.4, -0.2) is 27.1 Å². The van der Waals surface area contributed by atoms with E-state index in [0.717, 1.165) is 36.0 Å². The van der Waals surface area contributed by atoms with Gasteiger partial charge in [-0.25, -0.2) is 14.8 Å². The van der Waals surface area contributed by atoms with Gasteiger partial charge in [0.15, 0.2) is 5.65 Å². The van der Waals surface area contributed by atoms with Gasteiger partial charge in [0.05, 0.1) is 17.6 Å². The van der Waals surface area contributed by atoms with Crippen molar-refractivity contribution in [1.29, 1.82) is 0 Å². The number of carbonyl (C=O) groups is 1. The first-order valence-corrected chi connectivity index (χ1v) is 9.91. The van der Waals surface area contributed by atoms with Crippen LogP contribution in [0, 0.1) is 6.92 Å². The number of unbranched alkanes of at least 4 members (excludes halogenated alkanes) is 2. The number of aryl methyl sites for hydroxylation is 1. The molecule has 148 valence electrons. The lowest BCUT2D eigenvalue weighted by Crippen LogP contribution is -2.10. The summed E-state index contributed by atoms with van der Waals surface area (Å²) in [6.45, 7) is 4.48. The highest BCUT2D eigenvalue weighted by atomic mass is 16.5. The lowest BCUT2D eigenvalue weighted by molar-refractivity contribution is 0.0501. The van der Waals surface area contributed by atoms with Gasteiger partial charge in [0.25, 0.3) is 0 Å². The number of anilines is 1. The van der Waals surface area contributed by atoms with Crippen molar-refractivity contribution in [1.82, 2.24) is 14.5 Å². The molecule has 2 N–H and O–H groups in total. The number of hydrogen-bond acceptors (Lipinski definition) is 5. The number of hydrogen-bond donors (Lipinski definition) is 1. The lowest BCUT2D eigenvalue weighted by atomic mass is 10.2. The summed E-state index contributed by atoms with van der Waals surface area (Å²) >= 11 is 0. The Hall–Kier alpha value is -3.41. The lowest BCUT2D eigenvalue weighted by Gasteiger charge is -2.09. The average Bonchev–Trinajstić information content (AvgIpc) is 3.00. The molecule has 0 aliphatic rings. The first kappa shape index (κ1) is 18.9. The topological polar surface area (TPSA) is 83.0 Å². The summed E-state index contributed by atoms with van der Waals surface area (Å²) in [4.78, 5) is 22.4. The van der Waals surface area contributed by atoms with E-state index in [1.807, 2.05) is 55.5 Å². The van der Waals surface area contributed by atoms with E-state index in [1.165, 1.54) is 0 Å². The van der Waals surface area contributed by atoms with E-state index < -0.39 is 5.97 Å². The van der Waals surface area contributed by atoms with Crippen LogP contribution >= 0.6 is 0 Å². The van der Waals surface area contributed by atoms with Gasteiger partial charge in [-0.2, -0.15) is 0 Å². The third-order valence-electron chi connectivity index (χ3n) is 4.94. The van der Waals surface area contributed by atoms with Crippen LogP contribution in [0.25, 0.3) is 27.9 Å². The molecular weight excluding hydrogens is 364 g/mol. The molecule has 6 heteroatoms. The molecule has 0 aliphatic heterocycles. The van der Waals surface area contributed by atoms with Crippen molar-refractivity contribution in [3.63, 3.8) is 0 Å². The molecule has 6 nitrogen and oxygen atoms in total. The Morgan fingerprint density at radius 2 is 1.83 bits per heavy atom. The molecule has 0 spiro atoms. The largest absolute Gasteiger partial charge is 0.462 e. The average molecular weight is 388 g/mol. The fraction of sp³-hybridized carbons (Fsp3) is 0.261. The maximum Gasteiger partial charge on any atom is 0.344 e. The second kappa shape index (κ2) is 7.91. The van der Waals surface area contributed by atoms with Gasteiger partial charge in [-0.05, 0) is 43.2 Å². The smallest absolute Gasteiger partial charge is 0.344 e. The molecular formula is C23H24N4O2. The number of esters is 1. The zero-order valence-electron chi connectivity index (χ0n) is 16.7. The van der Waals surface area contributed by atoms with Crippen molar-refractivity contribution in [2.45, 2.75) is 33.1 Å². The number of nitrogen functional groups attached to an aromatic ring is 1. The third kappa shape index (κ3) is 3.53. The van der Waals surface area contributed by atoms with E-state index >= 15 is 0 Å². The Morgan fingerprint density at radius 3 is 2.55 bits per heavy atom. The number of nitrogens with zero attached hydrogens (tertiary/aromatic N) is 3. The van der Waals surface area contributed by atoms with E-state index in [-0.39, 0.29) is 5.56 Å². The normalized spacial score (nSPS) is 11.2. The first-order valence-electron chi connectivity index (χ1n) is 9.91. The molecule has 4 rings (SSSR count). The highest BCUT2D eigenvalue weighted by Crippen LogP contribution is 2.31. The van der Waals surface area contributed by atoms with Crippen molar-refractivity contribution in [3.8, 4) is 5.69 Å². The molecule has 2 heterocycles. The molecule has 2 aromatic heterocycles. The molecule has 0 saturated carbocycles. The number of carbonyl (C=O) groups excluding carboxylic acids is 1. The van der Waals surface area contributed by atoms with E-state index in [1.54, 1.807) is 4.57 Å². The number of ether oxygens (including phenoxy) is 1. The van der Waals surface area contributed by atoms with E-state index in [0.29, 0.717) is 29.1 Å². The molecule has 0 aliphatic carbocycles. The summed E-state index contributed by atoms with van der Waals surface area (Å²) in [7, 11) is 0. The number of benzene rings is 2. The van der Waals surface area contributed by atoms with Crippen LogP contribution in [0.4, 0.5) is 5.82 Å². The highest BCUT2D eigenvalue weighted by molar-refractivity contribution is 6.09. The minimum Gasteiger partial charge on any atom is -0.462 e. The van der Waals surface area contributed by atoms with Crippen LogP contribution < -0.4 is 5.73 Å². The van der Waals surface area contributed by atoms with Crippen molar-refractivity contribution in [2.24, 2.45) is 0 Å². The van der Waals surface area contributed by atoms with Crippen molar-refractivity contribution in [2.75, 3.05) is 12.3 Å². The van der Waals surface area contributed by atoms with Crippen molar-refractivity contribution < 1.29 is 9.53 Å². The third-order valence-corrected chi connectivity index (χ3v) is 4.94. The van der Waals surface area contributed by atoms with E-state index in [9.17, 15) is 4.79 Å². The maximum atomic E-state index is 12.9. The number of aromatic nitrogens is 3. The minimum absolute atomic E-state index is 0.274. The fourth-order valence-electron chi connectivity index (χ4n) is 3.48.